The lowest BCUT2D eigenvalue weighted by Gasteiger charge is -2.12. The van der Waals surface area contributed by atoms with Gasteiger partial charge in [-0.1, -0.05) is 0 Å². The summed E-state index contributed by atoms with van der Waals surface area (Å²) in [5.74, 6) is 0. The maximum absolute atomic E-state index is 10.6. The molecule has 0 saturated heterocycles. The van der Waals surface area contributed by atoms with E-state index in [1.165, 1.54) is 12.1 Å². The van der Waals surface area contributed by atoms with Crippen LogP contribution in [0.1, 0.15) is 13.8 Å². The molecule has 0 aliphatic heterocycles. The van der Waals surface area contributed by atoms with E-state index in [1.54, 1.807) is 0 Å². The highest BCUT2D eigenvalue weighted by Gasteiger charge is 2.19. The van der Waals surface area contributed by atoms with Crippen molar-refractivity contribution in [2.45, 2.75) is 19.9 Å². The van der Waals surface area contributed by atoms with Gasteiger partial charge in [0.15, 0.2) is 5.69 Å². The lowest BCUT2D eigenvalue weighted by Crippen LogP contribution is -2.10. The lowest BCUT2D eigenvalue weighted by atomic mass is 10.2. The third kappa shape index (κ3) is 2.25. The predicted molar refractivity (Wildman–Crippen MR) is 61.7 cm³/mol. The van der Waals surface area contributed by atoms with E-state index in [4.69, 9.17) is 5.73 Å². The Balaban J connectivity index is 3.29. The van der Waals surface area contributed by atoms with E-state index in [1.807, 2.05) is 13.8 Å². The number of nitrogens with zero attached hydrogens (tertiary/aromatic N) is 2. The van der Waals surface area contributed by atoms with Crippen LogP contribution in [-0.4, -0.2) is 11.0 Å². The molecule has 0 heterocycles. The van der Waals surface area contributed by atoms with Gasteiger partial charge in [-0.25, -0.2) is 0 Å². The van der Waals surface area contributed by atoms with Crippen LogP contribution < -0.4 is 11.1 Å². The van der Waals surface area contributed by atoms with Crippen molar-refractivity contribution in [3.63, 3.8) is 0 Å². The average molecular weight is 224 g/mol. The van der Waals surface area contributed by atoms with E-state index in [9.17, 15) is 15.0 Å². The Morgan fingerprint density at radius 3 is 2.56 bits per heavy atom. The number of nitrogen functional groups attached to an aromatic ring is 1. The molecule has 0 radical (unpaired) electrons. The molecule has 0 fully saturated rings. The van der Waals surface area contributed by atoms with E-state index in [0.29, 0.717) is 5.69 Å². The minimum absolute atomic E-state index is 0.0707. The van der Waals surface area contributed by atoms with Crippen molar-refractivity contribution in [1.82, 2.24) is 0 Å². The largest absolute Gasteiger partial charge is 0.391 e. The molecular formula is C9H12N4O3. The smallest absolute Gasteiger partial charge is 0.294 e. The number of nitro benzene ring substituents is 1. The Kier molecular flexibility index (Phi) is 3.39. The van der Waals surface area contributed by atoms with Gasteiger partial charge >= 0.3 is 0 Å². The molecule has 1 rings (SSSR count). The maximum Gasteiger partial charge on any atom is 0.294 e. The first-order valence-electron chi connectivity index (χ1n) is 4.64. The molecule has 0 spiro atoms. The number of rotatable bonds is 4. The van der Waals surface area contributed by atoms with Crippen LogP contribution in [0.15, 0.2) is 17.3 Å². The summed E-state index contributed by atoms with van der Waals surface area (Å²) in [7, 11) is 0. The zero-order valence-electron chi connectivity index (χ0n) is 8.93. The van der Waals surface area contributed by atoms with Crippen LogP contribution in [0.2, 0.25) is 0 Å². The van der Waals surface area contributed by atoms with Crippen LogP contribution in [0.3, 0.4) is 0 Å². The SMILES string of the molecule is CC(C)Nc1ccc([N+](=O)[O-])c(N)c1N=O. The number of nitrogens with two attached hydrogens (primary N) is 1. The first-order chi connectivity index (χ1) is 7.47. The highest BCUT2D eigenvalue weighted by Crippen LogP contribution is 2.38. The molecule has 7 heteroatoms. The van der Waals surface area contributed by atoms with Gasteiger partial charge in [0.1, 0.15) is 5.69 Å². The highest BCUT2D eigenvalue weighted by molar-refractivity contribution is 5.84. The number of nitro groups is 1. The van der Waals surface area contributed by atoms with Crippen LogP contribution in [-0.2, 0) is 0 Å². The topological polar surface area (TPSA) is 111 Å². The van der Waals surface area contributed by atoms with Gasteiger partial charge in [0.2, 0.25) is 0 Å². The Labute approximate surface area is 91.8 Å². The lowest BCUT2D eigenvalue weighted by molar-refractivity contribution is -0.383. The summed E-state index contributed by atoms with van der Waals surface area (Å²) >= 11 is 0. The first-order valence-corrected chi connectivity index (χ1v) is 4.64. The first kappa shape index (κ1) is 11.9. The van der Waals surface area contributed by atoms with Crippen LogP contribution in [0.4, 0.5) is 22.7 Å². The van der Waals surface area contributed by atoms with Crippen LogP contribution in [0, 0.1) is 15.0 Å². The van der Waals surface area contributed by atoms with E-state index in [2.05, 4.69) is 10.5 Å². The molecule has 0 saturated carbocycles. The number of benzene rings is 1. The highest BCUT2D eigenvalue weighted by atomic mass is 16.6. The van der Waals surface area contributed by atoms with Gasteiger partial charge in [-0.3, -0.25) is 10.1 Å². The number of hydrogen-bond donors (Lipinski definition) is 2. The third-order valence-corrected chi connectivity index (χ3v) is 1.93. The normalized spacial score (nSPS) is 10.2. The average Bonchev–Trinajstić information content (AvgIpc) is 2.16. The molecule has 0 bridgehead atoms. The van der Waals surface area contributed by atoms with Crippen molar-refractivity contribution in [2.24, 2.45) is 5.18 Å². The third-order valence-electron chi connectivity index (χ3n) is 1.93. The fraction of sp³-hybridized carbons (Fsp3) is 0.333. The molecule has 0 aliphatic rings. The summed E-state index contributed by atoms with van der Waals surface area (Å²) < 4.78 is 0. The van der Waals surface area contributed by atoms with Crippen molar-refractivity contribution < 1.29 is 4.92 Å². The molecule has 86 valence electrons. The summed E-state index contributed by atoms with van der Waals surface area (Å²) in [6.07, 6.45) is 0. The second-order valence-corrected chi connectivity index (χ2v) is 3.54. The molecule has 3 N–H and O–H groups in total. The second kappa shape index (κ2) is 4.56. The van der Waals surface area contributed by atoms with E-state index >= 15 is 0 Å². The van der Waals surface area contributed by atoms with Gasteiger partial charge in [0.25, 0.3) is 5.69 Å². The Bertz CT molecular complexity index is 431. The predicted octanol–water partition coefficient (Wildman–Crippen LogP) is 2.40. The van der Waals surface area contributed by atoms with E-state index < -0.39 is 4.92 Å². The zero-order valence-corrected chi connectivity index (χ0v) is 8.93. The van der Waals surface area contributed by atoms with Crippen molar-refractivity contribution in [3.05, 3.63) is 27.2 Å². The Morgan fingerprint density at radius 1 is 1.50 bits per heavy atom. The minimum Gasteiger partial charge on any atom is -0.391 e. The van der Waals surface area contributed by atoms with Crippen LogP contribution in [0.25, 0.3) is 0 Å². The van der Waals surface area contributed by atoms with Crippen molar-refractivity contribution >= 4 is 22.7 Å². The van der Waals surface area contributed by atoms with Gasteiger partial charge in [-0.2, -0.15) is 0 Å². The molecule has 0 aliphatic carbocycles. The summed E-state index contributed by atoms with van der Waals surface area (Å²) in [5.41, 5.74) is 5.24. The summed E-state index contributed by atoms with van der Waals surface area (Å²) in [5, 5.41) is 16.2. The molecule has 7 nitrogen and oxygen atoms in total. The maximum atomic E-state index is 10.6. The van der Waals surface area contributed by atoms with E-state index in [0.717, 1.165) is 0 Å². The summed E-state index contributed by atoms with van der Waals surface area (Å²) in [6, 6.07) is 2.74. The molecule has 0 atom stereocenters. The minimum atomic E-state index is -0.650. The fourth-order valence-corrected chi connectivity index (χ4v) is 1.28. The molecule has 0 unspecified atom stereocenters. The van der Waals surface area contributed by atoms with Gasteiger partial charge in [0.05, 0.1) is 10.6 Å². The van der Waals surface area contributed by atoms with Crippen molar-refractivity contribution in [1.29, 1.82) is 0 Å². The van der Waals surface area contributed by atoms with Crippen LogP contribution >= 0.6 is 0 Å². The quantitative estimate of drug-likeness (QED) is 0.353. The number of nitrogens with one attached hydrogen (secondary N) is 1. The fourth-order valence-electron chi connectivity index (χ4n) is 1.28. The molecule has 1 aromatic carbocycles. The number of nitroso groups, excluding NO2 is 1. The number of anilines is 2. The molecule has 0 aromatic heterocycles. The molecule has 1 aromatic rings. The zero-order chi connectivity index (χ0) is 12.3. The van der Waals surface area contributed by atoms with Gasteiger partial charge in [-0.15, -0.1) is 4.91 Å². The van der Waals surface area contributed by atoms with E-state index in [-0.39, 0.29) is 23.1 Å². The Morgan fingerprint density at radius 2 is 2.12 bits per heavy atom. The summed E-state index contributed by atoms with van der Waals surface area (Å²) in [4.78, 5) is 20.5. The van der Waals surface area contributed by atoms with Gasteiger partial charge in [-0.05, 0) is 25.1 Å². The van der Waals surface area contributed by atoms with Gasteiger partial charge in [0, 0.05) is 12.1 Å². The second-order valence-electron chi connectivity index (χ2n) is 3.54. The van der Waals surface area contributed by atoms with Crippen molar-refractivity contribution in [3.8, 4) is 0 Å². The Hall–Kier alpha value is -2.18. The monoisotopic (exact) mass is 224 g/mol. The number of hydrogen-bond acceptors (Lipinski definition) is 6. The molecule has 16 heavy (non-hydrogen) atoms. The molecule has 0 amide bonds. The van der Waals surface area contributed by atoms with Crippen molar-refractivity contribution in [2.75, 3.05) is 11.1 Å². The molecular weight excluding hydrogens is 212 g/mol. The standard InChI is InChI=1S/C9H12N4O3/c1-5(2)11-6-3-4-7(13(15)16)8(10)9(6)12-14/h3-5,11H,10H2,1-2H3. The summed E-state index contributed by atoms with van der Waals surface area (Å²) in [6.45, 7) is 3.73. The van der Waals surface area contributed by atoms with Crippen LogP contribution in [0.5, 0.6) is 0 Å². The van der Waals surface area contributed by atoms with Gasteiger partial charge < -0.3 is 11.1 Å².